The molecule has 0 unspecified atom stereocenters. The number of benzene rings is 3. The lowest BCUT2D eigenvalue weighted by molar-refractivity contribution is -0.297. The predicted molar refractivity (Wildman–Crippen MR) is 214 cm³/mol. The Morgan fingerprint density at radius 3 is 1.47 bits per heavy atom. The first-order valence-electron chi connectivity index (χ1n) is 18.9. The molecule has 0 amide bonds. The van der Waals surface area contributed by atoms with Gasteiger partial charge in [-0.1, -0.05) is 138 Å². The largest absolute Gasteiger partial charge is 0.463 e. The van der Waals surface area contributed by atoms with Gasteiger partial charge in [0, 0.05) is 28.6 Å². The van der Waals surface area contributed by atoms with Crippen LogP contribution in [0.3, 0.4) is 0 Å². The minimum absolute atomic E-state index is 0.0183. The van der Waals surface area contributed by atoms with Crippen molar-refractivity contribution in [1.82, 2.24) is 5.06 Å². The second-order valence-corrected chi connectivity index (χ2v) is 21.4. The Balaban J connectivity index is 1.60. The Labute approximate surface area is 311 Å². The van der Waals surface area contributed by atoms with Crippen LogP contribution in [0.15, 0.2) is 54.6 Å². The van der Waals surface area contributed by atoms with E-state index >= 15 is 0 Å². The van der Waals surface area contributed by atoms with E-state index in [4.69, 9.17) is 18.4 Å². The van der Waals surface area contributed by atoms with Crippen molar-refractivity contribution in [3.63, 3.8) is 0 Å². The van der Waals surface area contributed by atoms with Gasteiger partial charge in [0.1, 0.15) is 11.5 Å². The Kier molecular flexibility index (Phi) is 10.7. The summed E-state index contributed by atoms with van der Waals surface area (Å²) in [5.74, 6) is 1.82. The summed E-state index contributed by atoms with van der Waals surface area (Å²) in [7, 11) is -1.81. The summed E-state index contributed by atoms with van der Waals surface area (Å²) < 4.78 is 21.4. The van der Waals surface area contributed by atoms with Gasteiger partial charge in [-0.15, -0.1) is 0 Å². The highest BCUT2D eigenvalue weighted by Crippen LogP contribution is 2.55. The lowest BCUT2D eigenvalue weighted by Crippen LogP contribution is -2.61. The molecule has 5 nitrogen and oxygen atoms in total. The monoisotopic (exact) mass is 715 g/mol. The summed E-state index contributed by atoms with van der Waals surface area (Å²) in [6.07, 6.45) is 2.19. The van der Waals surface area contributed by atoms with Gasteiger partial charge < -0.3 is 9.05 Å². The molecule has 0 aromatic heterocycles. The van der Waals surface area contributed by atoms with E-state index in [9.17, 15) is 0 Å². The zero-order valence-electron chi connectivity index (χ0n) is 34.6. The van der Waals surface area contributed by atoms with E-state index in [0.29, 0.717) is 6.61 Å². The molecule has 0 saturated carbocycles. The topological polar surface area (TPSA) is 40.2 Å². The second-order valence-electron chi connectivity index (χ2n) is 20.4. The molecule has 51 heavy (non-hydrogen) atoms. The molecule has 2 aliphatic heterocycles. The Hall–Kier alpha value is -2.43. The van der Waals surface area contributed by atoms with Crippen LogP contribution in [0.25, 0.3) is 0 Å². The number of hydrogen-bond acceptors (Lipinski definition) is 5. The van der Waals surface area contributed by atoms with Gasteiger partial charge >= 0.3 is 8.60 Å². The van der Waals surface area contributed by atoms with Crippen molar-refractivity contribution >= 4 is 8.60 Å². The molecule has 2 aliphatic rings. The van der Waals surface area contributed by atoms with Crippen LogP contribution in [-0.2, 0) is 44.0 Å². The van der Waals surface area contributed by atoms with Gasteiger partial charge in [-0.25, -0.2) is 0 Å². The van der Waals surface area contributed by atoms with Crippen LogP contribution < -0.4 is 9.05 Å². The van der Waals surface area contributed by atoms with E-state index in [1.807, 2.05) is 6.07 Å². The first kappa shape index (κ1) is 39.8. The maximum Gasteiger partial charge on any atom is 0.463 e. The smallest absolute Gasteiger partial charge is 0.417 e. The summed E-state index contributed by atoms with van der Waals surface area (Å²) in [5.41, 5.74) is 7.67. The molecular weight excluding hydrogens is 649 g/mol. The third-order valence-electron chi connectivity index (χ3n) is 10.4. The number of hydrogen-bond donors (Lipinski definition) is 0. The van der Waals surface area contributed by atoms with Gasteiger partial charge in [0.25, 0.3) is 0 Å². The number of nitrogens with zero attached hydrogens (tertiary/aromatic N) is 1. The maximum atomic E-state index is 7.13. The van der Waals surface area contributed by atoms with Crippen molar-refractivity contribution in [2.75, 3.05) is 0 Å². The third kappa shape index (κ3) is 9.03. The number of piperidine rings is 1. The van der Waals surface area contributed by atoms with E-state index < -0.39 is 8.60 Å². The third-order valence-corrected chi connectivity index (χ3v) is 11.5. The highest BCUT2D eigenvalue weighted by Gasteiger charge is 2.49. The van der Waals surface area contributed by atoms with Crippen LogP contribution in [0.4, 0.5) is 0 Å². The van der Waals surface area contributed by atoms with E-state index in [0.717, 1.165) is 36.3 Å². The lowest BCUT2D eigenvalue weighted by atomic mass is 9.76. The van der Waals surface area contributed by atoms with Crippen molar-refractivity contribution < 1.29 is 18.4 Å². The minimum atomic E-state index is -1.81. The zero-order valence-corrected chi connectivity index (χ0v) is 35.5. The van der Waals surface area contributed by atoms with Gasteiger partial charge in [-0.2, -0.15) is 5.06 Å². The molecule has 0 bridgehead atoms. The summed E-state index contributed by atoms with van der Waals surface area (Å²) in [6, 6.07) is 19.9. The lowest BCUT2D eigenvalue weighted by Gasteiger charge is -2.53. The highest BCUT2D eigenvalue weighted by molar-refractivity contribution is 7.42. The molecule has 0 atom stereocenters. The minimum Gasteiger partial charge on any atom is -0.417 e. The van der Waals surface area contributed by atoms with Crippen molar-refractivity contribution in [3.8, 4) is 11.5 Å². The quantitative estimate of drug-likeness (QED) is 0.246. The molecule has 3 aromatic carbocycles. The van der Waals surface area contributed by atoms with E-state index in [1.165, 1.54) is 33.4 Å². The fraction of sp³-hybridized carbons (Fsp3) is 0.600. The molecular formula is C45H66NO4P. The van der Waals surface area contributed by atoms with Crippen LogP contribution in [0, 0.1) is 0 Å². The van der Waals surface area contributed by atoms with Gasteiger partial charge in [0.2, 0.25) is 0 Å². The molecule has 3 aromatic rings. The van der Waals surface area contributed by atoms with E-state index in [-0.39, 0.29) is 38.8 Å². The number of hydroxylamine groups is 2. The number of rotatable bonds is 5. The van der Waals surface area contributed by atoms with Crippen LogP contribution in [0.2, 0.25) is 0 Å². The standard InChI is InChI=1S/C45H66NO4P/c1-40(2,3)33-23-31-22-32-24-34(41(4,5)6)26-37(43(10,11)12)39(32)50-51(49-38(31)36(25-33)42(7,8)9)48-35-27-44(13,14)46(45(15,16)28-35)47-29-30-20-18-17-19-21-30/h17-21,23-26,35H,22,27-29H2,1-16H3. The normalized spacial score (nSPS) is 19.0. The Morgan fingerprint density at radius 1 is 0.647 bits per heavy atom. The zero-order chi connectivity index (χ0) is 37.9. The van der Waals surface area contributed by atoms with Crippen molar-refractivity contribution in [1.29, 1.82) is 0 Å². The molecule has 5 rings (SSSR count). The average Bonchev–Trinajstić information content (AvgIpc) is 2.94. The summed E-state index contributed by atoms with van der Waals surface area (Å²) in [4.78, 5) is 6.57. The summed E-state index contributed by atoms with van der Waals surface area (Å²) in [5, 5.41) is 2.20. The Morgan fingerprint density at radius 2 is 1.08 bits per heavy atom. The average molecular weight is 716 g/mol. The van der Waals surface area contributed by atoms with Crippen LogP contribution >= 0.6 is 8.60 Å². The molecule has 280 valence electrons. The van der Waals surface area contributed by atoms with Gasteiger partial charge in [0.05, 0.1) is 12.7 Å². The van der Waals surface area contributed by atoms with E-state index in [1.54, 1.807) is 0 Å². The molecule has 2 heterocycles. The summed E-state index contributed by atoms with van der Waals surface area (Å²) >= 11 is 0. The van der Waals surface area contributed by atoms with Crippen LogP contribution in [0.5, 0.6) is 11.5 Å². The Bertz CT molecular complexity index is 1600. The first-order chi connectivity index (χ1) is 23.3. The maximum absolute atomic E-state index is 7.13. The number of fused-ring (bicyclic) bond motifs is 2. The molecule has 0 spiro atoms. The molecule has 1 fully saturated rings. The van der Waals surface area contributed by atoms with Gasteiger partial charge in [-0.05, 0) is 90.0 Å². The molecule has 0 radical (unpaired) electrons. The van der Waals surface area contributed by atoms with Crippen LogP contribution in [0.1, 0.15) is 163 Å². The van der Waals surface area contributed by atoms with Crippen molar-refractivity contribution in [3.05, 3.63) is 93.5 Å². The first-order valence-corrected chi connectivity index (χ1v) is 20.0. The van der Waals surface area contributed by atoms with E-state index in [2.05, 4.69) is 164 Å². The van der Waals surface area contributed by atoms with Gasteiger partial charge in [-0.3, -0.25) is 9.36 Å². The van der Waals surface area contributed by atoms with Crippen molar-refractivity contribution in [2.24, 2.45) is 0 Å². The molecule has 1 saturated heterocycles. The van der Waals surface area contributed by atoms with Crippen molar-refractivity contribution in [2.45, 2.75) is 175 Å². The fourth-order valence-corrected chi connectivity index (χ4v) is 8.93. The molecule has 6 heteroatoms. The SMILES string of the molecule is CC(C)(C)c1cc2c(c(C(C)(C)C)c1)OP(OC1CC(C)(C)N(OCc3ccccc3)C(C)(C)C1)Oc1c(cc(C(C)(C)C)cc1C(C)(C)C)C2. The summed E-state index contributed by atoms with van der Waals surface area (Å²) in [6.45, 7) is 37.0. The predicted octanol–water partition coefficient (Wildman–Crippen LogP) is 12.6. The van der Waals surface area contributed by atoms with Crippen LogP contribution in [-0.4, -0.2) is 22.2 Å². The fourth-order valence-electron chi connectivity index (χ4n) is 7.68. The van der Waals surface area contributed by atoms with Gasteiger partial charge in [0.15, 0.2) is 0 Å². The molecule has 0 N–H and O–H groups in total. The highest BCUT2D eigenvalue weighted by atomic mass is 31.2. The second kappa shape index (κ2) is 13.8. The molecule has 0 aliphatic carbocycles.